The predicted molar refractivity (Wildman–Crippen MR) is 101 cm³/mol. The Morgan fingerprint density at radius 1 is 0.852 bits per heavy atom. The minimum Gasteiger partial charge on any atom is -0.508 e. The van der Waals surface area contributed by atoms with E-state index in [1.165, 1.54) is 36.4 Å². The Hall–Kier alpha value is -3.91. The second-order valence-corrected chi connectivity index (χ2v) is 5.34. The van der Waals surface area contributed by atoms with Gasteiger partial charge in [0.15, 0.2) is 5.78 Å². The first-order chi connectivity index (χ1) is 12.9. The van der Waals surface area contributed by atoms with Crippen molar-refractivity contribution in [2.45, 2.75) is 0 Å². The molecule has 0 aliphatic rings. The number of carbonyl (C=O) groups excluding carboxylic acids is 1. The second kappa shape index (κ2) is 8.97. The van der Waals surface area contributed by atoms with Crippen LogP contribution in [-0.2, 0) is 0 Å². The van der Waals surface area contributed by atoms with Gasteiger partial charge in [0.2, 0.25) is 0 Å². The molecule has 138 valence electrons. The van der Waals surface area contributed by atoms with Crippen molar-refractivity contribution in [2.24, 2.45) is 5.84 Å². The van der Waals surface area contributed by atoms with Crippen LogP contribution in [0.2, 0.25) is 0 Å². The van der Waals surface area contributed by atoms with E-state index in [0.29, 0.717) is 16.8 Å². The van der Waals surface area contributed by atoms with Gasteiger partial charge in [-0.1, -0.05) is 12.1 Å². The molecule has 3 aromatic rings. The zero-order valence-corrected chi connectivity index (χ0v) is 14.1. The fourth-order valence-corrected chi connectivity index (χ4v) is 2.15. The van der Waals surface area contributed by atoms with Crippen LogP contribution in [0.25, 0.3) is 0 Å². The molecule has 0 radical (unpaired) electrons. The van der Waals surface area contributed by atoms with Gasteiger partial charge in [0.1, 0.15) is 17.2 Å². The third kappa shape index (κ3) is 5.28. The lowest BCUT2D eigenvalue weighted by atomic mass is 10.0. The van der Waals surface area contributed by atoms with E-state index < -0.39 is 4.92 Å². The molecule has 0 heterocycles. The number of benzene rings is 3. The number of carbonyl (C=O) groups is 1. The summed E-state index contributed by atoms with van der Waals surface area (Å²) >= 11 is 0. The van der Waals surface area contributed by atoms with Crippen LogP contribution in [0.5, 0.6) is 11.5 Å². The van der Waals surface area contributed by atoms with Gasteiger partial charge in [0.25, 0.3) is 5.69 Å². The molecule has 8 nitrogen and oxygen atoms in total. The van der Waals surface area contributed by atoms with Gasteiger partial charge >= 0.3 is 0 Å². The van der Waals surface area contributed by atoms with Crippen LogP contribution < -0.4 is 11.3 Å². The molecule has 0 aliphatic heterocycles. The Balaban J connectivity index is 0.000000208. The number of nitrogen functional groups attached to an aromatic ring is 1. The number of anilines is 1. The lowest BCUT2D eigenvalue weighted by Gasteiger charge is -2.01. The summed E-state index contributed by atoms with van der Waals surface area (Å²) in [6.07, 6.45) is 0. The summed E-state index contributed by atoms with van der Waals surface area (Å²) in [6, 6.07) is 18.3. The van der Waals surface area contributed by atoms with Crippen LogP contribution in [0, 0.1) is 10.1 Å². The van der Waals surface area contributed by atoms with Gasteiger partial charge in [-0.3, -0.25) is 20.8 Å². The van der Waals surface area contributed by atoms with Crippen LogP contribution in [-0.4, -0.2) is 20.9 Å². The van der Waals surface area contributed by atoms with E-state index in [4.69, 9.17) is 16.1 Å². The summed E-state index contributed by atoms with van der Waals surface area (Å²) in [4.78, 5) is 21.7. The molecule has 3 rings (SSSR count). The molecule has 0 spiro atoms. The van der Waals surface area contributed by atoms with Crippen molar-refractivity contribution in [3.05, 3.63) is 94.0 Å². The molecule has 0 aromatic heterocycles. The molecule has 0 fully saturated rings. The molecule has 27 heavy (non-hydrogen) atoms. The van der Waals surface area contributed by atoms with E-state index in [9.17, 15) is 14.9 Å². The van der Waals surface area contributed by atoms with Crippen molar-refractivity contribution in [1.82, 2.24) is 0 Å². The number of para-hydroxylation sites is 2. The maximum absolute atomic E-state index is 11.9. The quantitative estimate of drug-likeness (QED) is 0.240. The first-order valence-corrected chi connectivity index (χ1v) is 7.75. The monoisotopic (exact) mass is 367 g/mol. The molecule has 0 saturated carbocycles. The number of hydrogen-bond acceptors (Lipinski definition) is 7. The number of phenols is 2. The number of ketones is 1. The molecule has 0 saturated heterocycles. The SMILES string of the molecule is NNc1ccccc1[N+](=O)[O-].O=C(c1ccc(O)cc1)c1ccc(O)cc1. The molecule has 0 aliphatic carbocycles. The number of nitrogens with one attached hydrogen (secondary N) is 1. The van der Waals surface area contributed by atoms with Gasteiger partial charge < -0.3 is 15.6 Å². The number of aromatic hydroxyl groups is 2. The van der Waals surface area contributed by atoms with E-state index in [0.717, 1.165) is 0 Å². The second-order valence-electron chi connectivity index (χ2n) is 5.34. The molecule has 0 bridgehead atoms. The highest BCUT2D eigenvalue weighted by Crippen LogP contribution is 2.21. The molecule has 0 atom stereocenters. The number of hydrazine groups is 1. The first-order valence-electron chi connectivity index (χ1n) is 7.75. The molecular weight excluding hydrogens is 350 g/mol. The van der Waals surface area contributed by atoms with Gasteiger partial charge in [0, 0.05) is 17.2 Å². The Kier molecular flexibility index (Phi) is 6.45. The summed E-state index contributed by atoms with van der Waals surface area (Å²) in [5.41, 5.74) is 3.54. The molecule has 3 aromatic carbocycles. The summed E-state index contributed by atoms with van der Waals surface area (Å²) < 4.78 is 0. The minimum atomic E-state index is -0.491. The Bertz CT molecular complexity index is 877. The Morgan fingerprint density at radius 3 is 1.67 bits per heavy atom. The van der Waals surface area contributed by atoms with E-state index in [1.807, 2.05) is 0 Å². The Labute approximate surface area is 154 Å². The van der Waals surface area contributed by atoms with E-state index >= 15 is 0 Å². The standard InChI is InChI=1S/C13H10O3.C6H7N3O2/c14-11-5-1-9(2-6-11)13(16)10-3-7-12(15)8-4-10;7-8-5-3-1-2-4-6(5)9(10)11/h1-8,14-15H;1-4,8H,7H2. The van der Waals surface area contributed by atoms with Crippen LogP contribution in [0.1, 0.15) is 15.9 Å². The van der Waals surface area contributed by atoms with Crippen LogP contribution in [0.15, 0.2) is 72.8 Å². The fourth-order valence-electron chi connectivity index (χ4n) is 2.15. The molecule has 5 N–H and O–H groups in total. The van der Waals surface area contributed by atoms with Crippen LogP contribution >= 0.6 is 0 Å². The van der Waals surface area contributed by atoms with E-state index in [-0.39, 0.29) is 23.0 Å². The van der Waals surface area contributed by atoms with Crippen molar-refractivity contribution in [3.63, 3.8) is 0 Å². The number of nitrogens with zero attached hydrogens (tertiary/aromatic N) is 1. The highest BCUT2D eigenvalue weighted by Gasteiger charge is 2.10. The predicted octanol–water partition coefficient (Wildman–Crippen LogP) is 3.21. The van der Waals surface area contributed by atoms with Crippen LogP contribution in [0.4, 0.5) is 11.4 Å². The van der Waals surface area contributed by atoms with Gasteiger partial charge in [-0.2, -0.15) is 0 Å². The topological polar surface area (TPSA) is 139 Å². The van der Waals surface area contributed by atoms with Gasteiger partial charge in [-0.05, 0) is 54.6 Å². The normalized spacial score (nSPS) is 9.67. The average Bonchev–Trinajstić information content (AvgIpc) is 2.69. The van der Waals surface area contributed by atoms with Gasteiger partial charge in [-0.15, -0.1) is 0 Å². The fraction of sp³-hybridized carbons (Fsp3) is 0. The van der Waals surface area contributed by atoms with E-state index in [2.05, 4.69) is 5.43 Å². The molecule has 0 amide bonds. The maximum atomic E-state index is 11.9. The van der Waals surface area contributed by atoms with Crippen molar-refractivity contribution >= 4 is 17.2 Å². The molecule has 0 unspecified atom stereocenters. The highest BCUT2D eigenvalue weighted by molar-refractivity contribution is 6.09. The summed E-state index contributed by atoms with van der Waals surface area (Å²) in [5.74, 6) is 5.15. The minimum absolute atomic E-state index is 0.0185. The lowest BCUT2D eigenvalue weighted by molar-refractivity contribution is -0.384. The number of phenolic OH excluding ortho intramolecular Hbond substituents is 2. The first kappa shape index (κ1) is 19.4. The van der Waals surface area contributed by atoms with Crippen molar-refractivity contribution < 1.29 is 19.9 Å². The third-order valence-electron chi connectivity index (χ3n) is 3.52. The number of nitrogens with two attached hydrogens (primary N) is 1. The van der Waals surface area contributed by atoms with Crippen molar-refractivity contribution in [1.29, 1.82) is 0 Å². The number of hydrogen-bond donors (Lipinski definition) is 4. The zero-order chi connectivity index (χ0) is 19.8. The zero-order valence-electron chi connectivity index (χ0n) is 14.1. The van der Waals surface area contributed by atoms with Crippen molar-refractivity contribution in [2.75, 3.05) is 5.43 Å². The maximum Gasteiger partial charge on any atom is 0.293 e. The number of nitro benzene ring substituents is 1. The smallest absolute Gasteiger partial charge is 0.293 e. The van der Waals surface area contributed by atoms with Crippen molar-refractivity contribution in [3.8, 4) is 11.5 Å². The van der Waals surface area contributed by atoms with Gasteiger partial charge in [0.05, 0.1) is 4.92 Å². The summed E-state index contributed by atoms with van der Waals surface area (Å²) in [7, 11) is 0. The number of nitro groups is 1. The van der Waals surface area contributed by atoms with E-state index in [1.54, 1.807) is 36.4 Å². The van der Waals surface area contributed by atoms with Gasteiger partial charge in [-0.25, -0.2) is 0 Å². The molecule has 8 heteroatoms. The largest absolute Gasteiger partial charge is 0.508 e. The molecular formula is C19H17N3O5. The third-order valence-corrected chi connectivity index (χ3v) is 3.52. The number of rotatable bonds is 4. The summed E-state index contributed by atoms with van der Waals surface area (Å²) in [6.45, 7) is 0. The Morgan fingerprint density at radius 2 is 1.30 bits per heavy atom. The highest BCUT2D eigenvalue weighted by atomic mass is 16.6. The van der Waals surface area contributed by atoms with Crippen LogP contribution in [0.3, 0.4) is 0 Å². The summed E-state index contributed by atoms with van der Waals surface area (Å²) in [5, 5.41) is 28.5. The lowest BCUT2D eigenvalue weighted by Crippen LogP contribution is -2.08. The average molecular weight is 367 g/mol.